The maximum atomic E-state index is 15.6. The molecule has 1 fully saturated rings. The second kappa shape index (κ2) is 9.57. The predicted molar refractivity (Wildman–Crippen MR) is 141 cm³/mol. The minimum absolute atomic E-state index is 0.0317. The molecule has 2 heterocycles. The number of H-pyrrole nitrogens is 1. The molecule has 4 aromatic rings. The van der Waals surface area contributed by atoms with Gasteiger partial charge in [-0.05, 0) is 47.4 Å². The quantitative estimate of drug-likeness (QED) is 0.375. The number of aromatic nitrogens is 1. The fourth-order valence-corrected chi connectivity index (χ4v) is 4.93. The van der Waals surface area contributed by atoms with Crippen LogP contribution >= 0.6 is 0 Å². The van der Waals surface area contributed by atoms with Gasteiger partial charge in [-0.3, -0.25) is 4.79 Å². The number of nitrogens with one attached hydrogen (secondary N) is 1. The van der Waals surface area contributed by atoms with E-state index in [0.717, 1.165) is 16.8 Å². The molecule has 1 aromatic heterocycles. The van der Waals surface area contributed by atoms with Crippen LogP contribution in [-0.2, 0) is 0 Å². The molecule has 5 rings (SSSR count). The highest BCUT2D eigenvalue weighted by molar-refractivity contribution is 6.04. The normalized spacial score (nSPS) is 14.0. The van der Waals surface area contributed by atoms with E-state index < -0.39 is 0 Å². The van der Waals surface area contributed by atoms with Gasteiger partial charge < -0.3 is 24.6 Å². The number of carbonyl (C=O) groups excluding carboxylic acids is 1. The molecular weight excluding hydrogens is 457 g/mol. The minimum atomic E-state index is -0.327. The Bertz CT molecular complexity index is 1420. The molecule has 0 bridgehead atoms. The van der Waals surface area contributed by atoms with Crippen molar-refractivity contribution in [1.82, 2.24) is 9.88 Å². The summed E-state index contributed by atoms with van der Waals surface area (Å²) in [6.45, 7) is 6.27. The summed E-state index contributed by atoms with van der Waals surface area (Å²) in [6, 6.07) is 18.4. The lowest BCUT2D eigenvalue weighted by Gasteiger charge is -2.36. The van der Waals surface area contributed by atoms with Crippen LogP contribution in [0.1, 0.15) is 35.8 Å². The number of hydrogen-bond acceptors (Lipinski definition) is 4. The minimum Gasteiger partial charge on any atom is -0.508 e. The molecule has 7 heteroatoms. The van der Waals surface area contributed by atoms with Crippen molar-refractivity contribution in [1.29, 1.82) is 0 Å². The van der Waals surface area contributed by atoms with E-state index in [4.69, 9.17) is 4.74 Å². The van der Waals surface area contributed by atoms with Gasteiger partial charge in [0.15, 0.2) is 5.82 Å². The monoisotopic (exact) mass is 487 g/mol. The molecule has 0 aliphatic carbocycles. The van der Waals surface area contributed by atoms with Crippen molar-refractivity contribution in [3.63, 3.8) is 0 Å². The van der Waals surface area contributed by atoms with Crippen molar-refractivity contribution >= 4 is 22.5 Å². The standard InChI is InChI=1S/C29H30FN3O3/c1-18(2)22-16-23(21-9-4-5-10-26(21)36-3)24-17-25(31-28(24)27(22)30)29(35)33-13-11-32(12-14-33)19-7-6-8-20(34)15-19/h4-10,15-18,31,34H,11-14H2,1-3H3. The maximum Gasteiger partial charge on any atom is 0.270 e. The molecule has 3 aromatic carbocycles. The highest BCUT2D eigenvalue weighted by Crippen LogP contribution is 2.39. The number of aromatic hydroxyl groups is 1. The Labute approximate surface area is 209 Å². The Morgan fingerprint density at radius 1 is 1.00 bits per heavy atom. The number of phenols is 1. The lowest BCUT2D eigenvalue weighted by atomic mass is 9.93. The third kappa shape index (κ3) is 4.26. The smallest absolute Gasteiger partial charge is 0.270 e. The van der Waals surface area contributed by atoms with Gasteiger partial charge in [0.05, 0.1) is 12.6 Å². The van der Waals surface area contributed by atoms with E-state index in [1.807, 2.05) is 56.3 Å². The number of carbonyl (C=O) groups is 1. The van der Waals surface area contributed by atoms with Crippen LogP contribution < -0.4 is 9.64 Å². The first-order chi connectivity index (χ1) is 17.4. The molecule has 0 spiro atoms. The molecular formula is C29H30FN3O3. The van der Waals surface area contributed by atoms with E-state index in [2.05, 4.69) is 9.88 Å². The van der Waals surface area contributed by atoms with Crippen LogP contribution in [0.25, 0.3) is 22.0 Å². The summed E-state index contributed by atoms with van der Waals surface area (Å²) < 4.78 is 21.2. The molecule has 36 heavy (non-hydrogen) atoms. The maximum absolute atomic E-state index is 15.6. The number of piperazine rings is 1. The topological polar surface area (TPSA) is 68.8 Å². The number of aromatic amines is 1. The molecule has 0 unspecified atom stereocenters. The van der Waals surface area contributed by atoms with Crippen LogP contribution in [0.5, 0.6) is 11.5 Å². The van der Waals surface area contributed by atoms with Crippen molar-refractivity contribution in [2.45, 2.75) is 19.8 Å². The molecule has 0 saturated carbocycles. The molecule has 1 amide bonds. The average Bonchev–Trinajstić information content (AvgIpc) is 3.35. The lowest BCUT2D eigenvalue weighted by molar-refractivity contribution is 0.0742. The molecule has 2 N–H and O–H groups in total. The number of benzene rings is 3. The third-order valence-corrected chi connectivity index (χ3v) is 6.89. The fourth-order valence-electron chi connectivity index (χ4n) is 4.93. The van der Waals surface area contributed by atoms with Gasteiger partial charge in [-0.1, -0.05) is 38.1 Å². The van der Waals surface area contributed by atoms with E-state index in [0.29, 0.717) is 54.1 Å². The summed E-state index contributed by atoms with van der Waals surface area (Å²) in [5.74, 6) is 0.399. The summed E-state index contributed by atoms with van der Waals surface area (Å²) >= 11 is 0. The van der Waals surface area contributed by atoms with Crippen LogP contribution in [0, 0.1) is 5.82 Å². The second-order valence-electron chi connectivity index (χ2n) is 9.45. The SMILES string of the molecule is COc1ccccc1-c1cc(C(C)C)c(F)c2[nH]c(C(=O)N3CCN(c4cccc(O)c4)CC3)cc12. The van der Waals surface area contributed by atoms with Crippen molar-refractivity contribution < 1.29 is 19.0 Å². The Morgan fingerprint density at radius 2 is 1.75 bits per heavy atom. The number of amides is 1. The van der Waals surface area contributed by atoms with Crippen LogP contribution in [0.2, 0.25) is 0 Å². The third-order valence-electron chi connectivity index (χ3n) is 6.89. The zero-order chi connectivity index (χ0) is 25.4. The number of ether oxygens (including phenoxy) is 1. The van der Waals surface area contributed by atoms with Gasteiger partial charge >= 0.3 is 0 Å². The summed E-state index contributed by atoms with van der Waals surface area (Å²) in [7, 11) is 1.62. The number of nitrogens with zero attached hydrogens (tertiary/aromatic N) is 2. The molecule has 1 saturated heterocycles. The number of hydrogen-bond donors (Lipinski definition) is 2. The number of phenolic OH excluding ortho intramolecular Hbond substituents is 1. The largest absolute Gasteiger partial charge is 0.508 e. The van der Waals surface area contributed by atoms with Crippen molar-refractivity contribution in [3.05, 3.63) is 77.7 Å². The fraction of sp³-hybridized carbons (Fsp3) is 0.276. The Kier molecular flexibility index (Phi) is 6.31. The van der Waals surface area contributed by atoms with Gasteiger partial charge in [-0.15, -0.1) is 0 Å². The molecule has 0 radical (unpaired) electrons. The van der Waals surface area contributed by atoms with Crippen molar-refractivity contribution in [2.75, 3.05) is 38.2 Å². The Hall–Kier alpha value is -4.00. The van der Waals surface area contributed by atoms with Gasteiger partial charge in [-0.2, -0.15) is 0 Å². The Morgan fingerprint density at radius 3 is 2.44 bits per heavy atom. The number of fused-ring (bicyclic) bond motifs is 1. The van der Waals surface area contributed by atoms with Crippen LogP contribution in [-0.4, -0.2) is 54.2 Å². The van der Waals surface area contributed by atoms with E-state index >= 15 is 4.39 Å². The van der Waals surface area contributed by atoms with Crippen molar-refractivity contribution in [3.8, 4) is 22.6 Å². The predicted octanol–water partition coefficient (Wildman–Crippen LogP) is 5.77. The average molecular weight is 488 g/mol. The van der Waals surface area contributed by atoms with Crippen LogP contribution in [0.3, 0.4) is 0 Å². The van der Waals surface area contributed by atoms with E-state index in [-0.39, 0.29) is 23.4 Å². The van der Waals surface area contributed by atoms with Gasteiger partial charge in [0.2, 0.25) is 0 Å². The molecule has 186 valence electrons. The van der Waals surface area contributed by atoms with Gasteiger partial charge in [0.25, 0.3) is 5.91 Å². The lowest BCUT2D eigenvalue weighted by Crippen LogP contribution is -2.48. The summed E-state index contributed by atoms with van der Waals surface area (Å²) in [5.41, 5.74) is 3.90. The highest BCUT2D eigenvalue weighted by Gasteiger charge is 2.26. The van der Waals surface area contributed by atoms with E-state index in [1.165, 1.54) is 0 Å². The number of anilines is 1. The number of methoxy groups -OCH3 is 1. The number of rotatable bonds is 5. The first-order valence-corrected chi connectivity index (χ1v) is 12.2. The van der Waals surface area contributed by atoms with Gasteiger partial charge in [0.1, 0.15) is 17.2 Å². The first kappa shape index (κ1) is 23.7. The summed E-state index contributed by atoms with van der Waals surface area (Å²) in [6.07, 6.45) is 0. The van der Waals surface area contributed by atoms with Crippen molar-refractivity contribution in [2.24, 2.45) is 0 Å². The van der Waals surface area contributed by atoms with Gasteiger partial charge in [-0.25, -0.2) is 4.39 Å². The molecule has 6 nitrogen and oxygen atoms in total. The molecule has 1 aliphatic heterocycles. The molecule has 0 atom stereocenters. The van der Waals surface area contributed by atoms with Crippen LogP contribution in [0.15, 0.2) is 60.7 Å². The number of halogens is 1. The second-order valence-corrected chi connectivity index (χ2v) is 9.45. The van der Waals surface area contributed by atoms with E-state index in [9.17, 15) is 9.90 Å². The molecule has 1 aliphatic rings. The van der Waals surface area contributed by atoms with Crippen LogP contribution in [0.4, 0.5) is 10.1 Å². The van der Waals surface area contributed by atoms with E-state index in [1.54, 1.807) is 30.2 Å². The highest BCUT2D eigenvalue weighted by atomic mass is 19.1. The summed E-state index contributed by atoms with van der Waals surface area (Å²) in [5, 5.41) is 10.4. The Balaban J connectivity index is 1.48. The summed E-state index contributed by atoms with van der Waals surface area (Å²) in [4.78, 5) is 20.5. The van der Waals surface area contributed by atoms with Gasteiger partial charge in [0, 0.05) is 48.9 Å². The zero-order valence-electron chi connectivity index (χ0n) is 20.7. The zero-order valence-corrected chi connectivity index (χ0v) is 20.7. The first-order valence-electron chi connectivity index (χ1n) is 12.2. The number of para-hydroxylation sites is 1.